The van der Waals surface area contributed by atoms with Crippen LogP contribution in [0.4, 0.5) is 0 Å². The molecule has 4 aliphatic rings. The van der Waals surface area contributed by atoms with Gasteiger partial charge in [-0.05, 0) is 38.0 Å². The number of hydrogen-bond donors (Lipinski definition) is 1. The zero-order chi connectivity index (χ0) is 12.3. The lowest BCUT2D eigenvalue weighted by atomic mass is 9.47. The number of hydrogen-bond acceptors (Lipinski definition) is 3. The Bertz CT molecular complexity index is 329. The van der Waals surface area contributed by atoms with Gasteiger partial charge in [-0.2, -0.15) is 0 Å². The average molecular weight is 240 g/mol. The van der Waals surface area contributed by atoms with Crippen molar-refractivity contribution in [2.24, 2.45) is 23.2 Å². The topological polar surface area (TPSA) is 55.8 Å². The molecule has 4 saturated carbocycles. The smallest absolute Gasteiger partial charge is 0.309 e. The number of aliphatic carboxylic acids is 1. The van der Waals surface area contributed by atoms with E-state index in [0.29, 0.717) is 5.92 Å². The van der Waals surface area contributed by atoms with Gasteiger partial charge >= 0.3 is 5.97 Å². The lowest BCUT2D eigenvalue weighted by Crippen LogP contribution is -2.64. The van der Waals surface area contributed by atoms with E-state index >= 15 is 0 Å². The highest BCUT2D eigenvalue weighted by atomic mass is 16.7. The van der Waals surface area contributed by atoms with E-state index in [1.54, 1.807) is 14.2 Å². The van der Waals surface area contributed by atoms with Gasteiger partial charge in [-0.3, -0.25) is 4.79 Å². The fourth-order valence-electron chi connectivity index (χ4n) is 4.94. The Morgan fingerprint density at radius 1 is 1.12 bits per heavy atom. The summed E-state index contributed by atoms with van der Waals surface area (Å²) in [5, 5.41) is 9.51. The van der Waals surface area contributed by atoms with Crippen LogP contribution in [0.1, 0.15) is 32.1 Å². The molecule has 0 saturated heterocycles. The Morgan fingerprint density at radius 3 is 2.06 bits per heavy atom. The molecule has 4 fully saturated rings. The molecule has 0 radical (unpaired) electrons. The van der Waals surface area contributed by atoms with Crippen molar-refractivity contribution in [1.29, 1.82) is 0 Å². The number of carbonyl (C=O) groups is 1. The van der Waals surface area contributed by atoms with Crippen LogP contribution in [0.25, 0.3) is 0 Å². The molecule has 0 aromatic heterocycles. The zero-order valence-electron chi connectivity index (χ0n) is 10.4. The summed E-state index contributed by atoms with van der Waals surface area (Å²) in [5.41, 5.74) is -0.489. The summed E-state index contributed by atoms with van der Waals surface area (Å²) in [6, 6.07) is 0. The van der Waals surface area contributed by atoms with Gasteiger partial charge in [0.05, 0.1) is 5.41 Å². The summed E-state index contributed by atoms with van der Waals surface area (Å²) in [6.07, 6.45) is 4.42. The molecule has 0 aromatic carbocycles. The molecule has 1 N–H and O–H groups in total. The van der Waals surface area contributed by atoms with Crippen molar-refractivity contribution >= 4 is 5.97 Å². The summed E-state index contributed by atoms with van der Waals surface area (Å²) in [7, 11) is 3.39. The lowest BCUT2D eigenvalue weighted by molar-refractivity contribution is -0.329. The molecule has 4 heteroatoms. The summed E-state index contributed by atoms with van der Waals surface area (Å²) >= 11 is 0. The quantitative estimate of drug-likeness (QED) is 0.765. The fourth-order valence-corrected chi connectivity index (χ4v) is 4.94. The Kier molecular flexibility index (Phi) is 2.33. The van der Waals surface area contributed by atoms with E-state index in [1.807, 2.05) is 0 Å². The van der Waals surface area contributed by atoms with Crippen LogP contribution in [0.3, 0.4) is 0 Å². The maximum absolute atomic E-state index is 11.6. The molecule has 96 valence electrons. The molecule has 0 aromatic rings. The Morgan fingerprint density at radius 2 is 1.65 bits per heavy atom. The molecule has 4 nitrogen and oxygen atoms in total. The highest BCUT2D eigenvalue weighted by molar-refractivity contribution is 5.75. The van der Waals surface area contributed by atoms with Crippen molar-refractivity contribution in [2.75, 3.05) is 14.2 Å². The van der Waals surface area contributed by atoms with Gasteiger partial charge in [0.2, 0.25) is 0 Å². The molecule has 4 aliphatic carbocycles. The highest BCUT2D eigenvalue weighted by Crippen LogP contribution is 2.64. The summed E-state index contributed by atoms with van der Waals surface area (Å²) in [5.74, 6) is -0.0741. The largest absolute Gasteiger partial charge is 0.481 e. The van der Waals surface area contributed by atoms with Crippen LogP contribution in [0.5, 0.6) is 0 Å². The Balaban J connectivity index is 1.98. The average Bonchev–Trinajstić information content (AvgIpc) is 2.29. The van der Waals surface area contributed by atoms with Crippen molar-refractivity contribution in [1.82, 2.24) is 0 Å². The number of ether oxygens (including phenoxy) is 2. The van der Waals surface area contributed by atoms with Gasteiger partial charge in [0, 0.05) is 26.1 Å². The van der Waals surface area contributed by atoms with E-state index < -0.39 is 17.2 Å². The number of carboxylic acid groups (broad SMARTS) is 1. The summed E-state index contributed by atoms with van der Waals surface area (Å²) in [6.45, 7) is 0. The molecular formula is C13H20O4. The normalized spacial score (nSPS) is 46.1. The minimum atomic E-state index is -0.613. The minimum absolute atomic E-state index is 0.250. The first-order valence-corrected chi connectivity index (χ1v) is 6.40. The van der Waals surface area contributed by atoms with Gasteiger partial charge in [0.15, 0.2) is 5.79 Å². The first kappa shape index (κ1) is 11.5. The Hall–Kier alpha value is -0.610. The van der Waals surface area contributed by atoms with Crippen LogP contribution in [0.15, 0.2) is 0 Å². The molecule has 0 amide bonds. The minimum Gasteiger partial charge on any atom is -0.481 e. The Labute approximate surface area is 101 Å². The molecule has 17 heavy (non-hydrogen) atoms. The second-order valence-electron chi connectivity index (χ2n) is 6.06. The van der Waals surface area contributed by atoms with E-state index in [0.717, 1.165) is 32.1 Å². The predicted molar refractivity (Wildman–Crippen MR) is 60.4 cm³/mol. The third kappa shape index (κ3) is 1.28. The van der Waals surface area contributed by atoms with Crippen LogP contribution in [0, 0.1) is 23.2 Å². The van der Waals surface area contributed by atoms with Crippen LogP contribution in [-0.4, -0.2) is 31.1 Å². The molecule has 0 aliphatic heterocycles. The van der Waals surface area contributed by atoms with Gasteiger partial charge in [0.25, 0.3) is 0 Å². The molecule has 4 bridgehead atoms. The molecule has 0 unspecified atom stereocenters. The van der Waals surface area contributed by atoms with Crippen molar-refractivity contribution in [2.45, 2.75) is 37.9 Å². The van der Waals surface area contributed by atoms with Gasteiger partial charge in [0.1, 0.15) is 0 Å². The first-order chi connectivity index (χ1) is 8.06. The van der Waals surface area contributed by atoms with E-state index in [1.165, 1.54) is 0 Å². The van der Waals surface area contributed by atoms with E-state index in [-0.39, 0.29) is 11.8 Å². The van der Waals surface area contributed by atoms with Gasteiger partial charge in [-0.15, -0.1) is 0 Å². The second kappa shape index (κ2) is 3.45. The second-order valence-corrected chi connectivity index (χ2v) is 6.06. The van der Waals surface area contributed by atoms with Gasteiger partial charge in [-0.1, -0.05) is 0 Å². The molecule has 4 rings (SSSR count). The SMILES string of the molecule is COC1(OC)[C@H]2CC3C[C@H]1CC(C(=O)O)(C3)C2. The standard InChI is InChI=1S/C13H20O4/c1-16-13(17-2)9-3-8-4-10(13)7-12(5-8,6-9)11(14)15/h8-10H,3-7H2,1-2H3,(H,14,15)/t8?,9-,10-,12?/m0/s1. The number of methoxy groups -OCH3 is 2. The van der Waals surface area contributed by atoms with Gasteiger partial charge < -0.3 is 14.6 Å². The van der Waals surface area contributed by atoms with Crippen molar-refractivity contribution in [3.8, 4) is 0 Å². The van der Waals surface area contributed by atoms with Crippen LogP contribution in [-0.2, 0) is 14.3 Å². The predicted octanol–water partition coefficient (Wildman–Crippen LogP) is 1.89. The van der Waals surface area contributed by atoms with Crippen molar-refractivity contribution in [3.63, 3.8) is 0 Å². The maximum atomic E-state index is 11.6. The zero-order valence-corrected chi connectivity index (χ0v) is 10.4. The van der Waals surface area contributed by atoms with Crippen LogP contribution in [0.2, 0.25) is 0 Å². The van der Waals surface area contributed by atoms with Crippen LogP contribution >= 0.6 is 0 Å². The van der Waals surface area contributed by atoms with E-state index in [2.05, 4.69) is 0 Å². The number of rotatable bonds is 3. The lowest BCUT2D eigenvalue weighted by Gasteiger charge is -2.62. The summed E-state index contributed by atoms with van der Waals surface area (Å²) in [4.78, 5) is 11.6. The van der Waals surface area contributed by atoms with Crippen LogP contribution < -0.4 is 0 Å². The highest BCUT2D eigenvalue weighted by Gasteiger charge is 2.65. The molecule has 0 heterocycles. The third-order valence-corrected chi connectivity index (χ3v) is 5.42. The maximum Gasteiger partial charge on any atom is 0.309 e. The molecule has 2 atom stereocenters. The van der Waals surface area contributed by atoms with Crippen molar-refractivity contribution < 1.29 is 19.4 Å². The monoisotopic (exact) mass is 240 g/mol. The van der Waals surface area contributed by atoms with Gasteiger partial charge in [-0.25, -0.2) is 0 Å². The third-order valence-electron chi connectivity index (χ3n) is 5.42. The molecular weight excluding hydrogens is 220 g/mol. The first-order valence-electron chi connectivity index (χ1n) is 6.40. The van der Waals surface area contributed by atoms with Crippen molar-refractivity contribution in [3.05, 3.63) is 0 Å². The fraction of sp³-hybridized carbons (Fsp3) is 0.923. The van der Waals surface area contributed by atoms with E-state index in [9.17, 15) is 9.90 Å². The van der Waals surface area contributed by atoms with E-state index in [4.69, 9.17) is 9.47 Å². The number of carboxylic acids is 1. The summed E-state index contributed by atoms with van der Waals surface area (Å²) < 4.78 is 11.3. The molecule has 0 spiro atoms.